The SMILES string of the molecule is CC(CCc1ccccc1)NC(=O)CN1C(=O)CN(C)C1=O. The predicted octanol–water partition coefficient (Wildman–Crippen LogP) is 1.02. The highest BCUT2D eigenvalue weighted by molar-refractivity contribution is 6.04. The monoisotopic (exact) mass is 303 g/mol. The Hall–Kier alpha value is -2.37. The molecule has 1 N–H and O–H groups in total. The van der Waals surface area contributed by atoms with Crippen molar-refractivity contribution in [2.24, 2.45) is 0 Å². The number of benzene rings is 1. The third-order valence-electron chi connectivity index (χ3n) is 3.65. The summed E-state index contributed by atoms with van der Waals surface area (Å²) in [5.74, 6) is -0.642. The van der Waals surface area contributed by atoms with Gasteiger partial charge in [0.1, 0.15) is 13.1 Å². The molecular formula is C16H21N3O3. The van der Waals surface area contributed by atoms with Gasteiger partial charge in [-0.2, -0.15) is 0 Å². The Morgan fingerprint density at radius 2 is 1.95 bits per heavy atom. The number of nitrogens with zero attached hydrogens (tertiary/aromatic N) is 2. The largest absolute Gasteiger partial charge is 0.352 e. The Morgan fingerprint density at radius 1 is 1.27 bits per heavy atom. The molecule has 4 amide bonds. The molecule has 0 aliphatic carbocycles. The average Bonchev–Trinajstić information content (AvgIpc) is 2.73. The number of nitrogens with one attached hydrogen (secondary N) is 1. The van der Waals surface area contributed by atoms with Gasteiger partial charge >= 0.3 is 6.03 Å². The number of carbonyl (C=O) groups excluding carboxylic acids is 3. The van der Waals surface area contributed by atoms with Gasteiger partial charge < -0.3 is 10.2 Å². The Labute approximate surface area is 130 Å². The third-order valence-corrected chi connectivity index (χ3v) is 3.65. The van der Waals surface area contributed by atoms with Gasteiger partial charge in [-0.3, -0.25) is 14.5 Å². The molecule has 1 aromatic rings. The van der Waals surface area contributed by atoms with E-state index in [2.05, 4.69) is 5.32 Å². The molecule has 0 saturated carbocycles. The van der Waals surface area contributed by atoms with Crippen LogP contribution >= 0.6 is 0 Å². The lowest BCUT2D eigenvalue weighted by Crippen LogP contribution is -2.43. The van der Waals surface area contributed by atoms with E-state index in [1.807, 2.05) is 37.3 Å². The van der Waals surface area contributed by atoms with Gasteiger partial charge in [0, 0.05) is 13.1 Å². The summed E-state index contributed by atoms with van der Waals surface area (Å²) in [5.41, 5.74) is 1.22. The second-order valence-corrected chi connectivity index (χ2v) is 5.61. The molecule has 1 atom stereocenters. The van der Waals surface area contributed by atoms with Crippen molar-refractivity contribution in [2.45, 2.75) is 25.8 Å². The second kappa shape index (κ2) is 7.06. The minimum Gasteiger partial charge on any atom is -0.352 e. The van der Waals surface area contributed by atoms with Crippen molar-refractivity contribution in [2.75, 3.05) is 20.1 Å². The zero-order valence-electron chi connectivity index (χ0n) is 12.9. The van der Waals surface area contributed by atoms with Crippen LogP contribution in [0, 0.1) is 0 Å². The van der Waals surface area contributed by atoms with Crippen molar-refractivity contribution < 1.29 is 14.4 Å². The van der Waals surface area contributed by atoms with Crippen molar-refractivity contribution in [3.63, 3.8) is 0 Å². The molecule has 1 aromatic carbocycles. The fourth-order valence-electron chi connectivity index (χ4n) is 2.39. The molecule has 0 radical (unpaired) electrons. The van der Waals surface area contributed by atoms with Crippen LogP contribution in [0.25, 0.3) is 0 Å². The first-order valence-corrected chi connectivity index (χ1v) is 7.36. The average molecular weight is 303 g/mol. The van der Waals surface area contributed by atoms with Crippen LogP contribution in [0.1, 0.15) is 18.9 Å². The van der Waals surface area contributed by atoms with Gasteiger partial charge in [-0.05, 0) is 25.3 Å². The van der Waals surface area contributed by atoms with Gasteiger partial charge in [-0.25, -0.2) is 4.79 Å². The summed E-state index contributed by atoms with van der Waals surface area (Å²) >= 11 is 0. The first-order chi connectivity index (χ1) is 10.5. The number of aryl methyl sites for hydroxylation is 1. The number of likely N-dealkylation sites (N-methyl/N-ethyl adjacent to an activating group) is 1. The number of imide groups is 1. The molecule has 22 heavy (non-hydrogen) atoms. The van der Waals surface area contributed by atoms with E-state index in [4.69, 9.17) is 0 Å². The summed E-state index contributed by atoms with van der Waals surface area (Å²) in [5, 5.41) is 2.83. The lowest BCUT2D eigenvalue weighted by Gasteiger charge is -2.17. The highest BCUT2D eigenvalue weighted by Gasteiger charge is 2.34. The summed E-state index contributed by atoms with van der Waals surface area (Å²) in [7, 11) is 1.54. The highest BCUT2D eigenvalue weighted by atomic mass is 16.2. The van der Waals surface area contributed by atoms with Gasteiger partial charge in [0.25, 0.3) is 5.91 Å². The Bertz CT molecular complexity index is 559. The summed E-state index contributed by atoms with van der Waals surface area (Å²) in [6, 6.07) is 9.60. The Balaban J connectivity index is 1.77. The lowest BCUT2D eigenvalue weighted by atomic mass is 10.1. The van der Waals surface area contributed by atoms with Crippen LogP contribution < -0.4 is 5.32 Å². The summed E-state index contributed by atoms with van der Waals surface area (Å²) in [6.07, 6.45) is 1.67. The number of amides is 4. The van der Waals surface area contributed by atoms with Crippen LogP contribution in [-0.2, 0) is 16.0 Å². The predicted molar refractivity (Wildman–Crippen MR) is 82.1 cm³/mol. The zero-order chi connectivity index (χ0) is 16.1. The van der Waals surface area contributed by atoms with E-state index in [9.17, 15) is 14.4 Å². The van der Waals surface area contributed by atoms with Crippen LogP contribution in [0.5, 0.6) is 0 Å². The van der Waals surface area contributed by atoms with Crippen LogP contribution in [0.2, 0.25) is 0 Å². The summed E-state index contributed by atoms with van der Waals surface area (Å²) in [4.78, 5) is 37.5. The van der Waals surface area contributed by atoms with Crippen molar-refractivity contribution in [3.05, 3.63) is 35.9 Å². The minimum atomic E-state index is -0.419. The van der Waals surface area contributed by atoms with Crippen LogP contribution in [-0.4, -0.2) is 53.8 Å². The molecular weight excluding hydrogens is 282 g/mol. The molecule has 1 heterocycles. The van der Waals surface area contributed by atoms with Crippen molar-refractivity contribution >= 4 is 17.8 Å². The second-order valence-electron chi connectivity index (χ2n) is 5.61. The maximum absolute atomic E-state index is 11.9. The van der Waals surface area contributed by atoms with E-state index < -0.39 is 6.03 Å². The van der Waals surface area contributed by atoms with Crippen molar-refractivity contribution in [3.8, 4) is 0 Å². The molecule has 6 heteroatoms. The fraction of sp³-hybridized carbons (Fsp3) is 0.438. The standard InChI is InChI=1S/C16H21N3O3/c1-12(8-9-13-6-4-3-5-7-13)17-14(20)10-19-15(21)11-18(2)16(19)22/h3-7,12H,8-11H2,1-2H3,(H,17,20). The molecule has 0 spiro atoms. The fourth-order valence-corrected chi connectivity index (χ4v) is 2.39. The molecule has 0 bridgehead atoms. The van der Waals surface area contributed by atoms with Gasteiger partial charge in [0.05, 0.1) is 0 Å². The number of hydrogen-bond donors (Lipinski definition) is 1. The summed E-state index contributed by atoms with van der Waals surface area (Å²) < 4.78 is 0. The van der Waals surface area contributed by atoms with E-state index in [-0.39, 0.29) is 30.9 Å². The number of carbonyl (C=O) groups is 3. The van der Waals surface area contributed by atoms with Gasteiger partial charge in [0.15, 0.2) is 0 Å². The molecule has 1 saturated heterocycles. The van der Waals surface area contributed by atoms with Crippen LogP contribution in [0.15, 0.2) is 30.3 Å². The molecule has 1 aliphatic heterocycles. The lowest BCUT2D eigenvalue weighted by molar-refractivity contribution is -0.131. The molecule has 6 nitrogen and oxygen atoms in total. The highest BCUT2D eigenvalue weighted by Crippen LogP contribution is 2.08. The van der Waals surface area contributed by atoms with Crippen molar-refractivity contribution in [1.29, 1.82) is 0 Å². The van der Waals surface area contributed by atoms with Crippen LogP contribution in [0.3, 0.4) is 0 Å². The molecule has 1 unspecified atom stereocenters. The topological polar surface area (TPSA) is 69.7 Å². The molecule has 1 fully saturated rings. The van der Waals surface area contributed by atoms with Crippen LogP contribution in [0.4, 0.5) is 4.79 Å². The Morgan fingerprint density at radius 3 is 2.55 bits per heavy atom. The number of urea groups is 1. The van der Waals surface area contributed by atoms with Gasteiger partial charge in [-0.15, -0.1) is 0 Å². The molecule has 1 aliphatic rings. The first kappa shape index (κ1) is 16.0. The smallest absolute Gasteiger partial charge is 0.327 e. The van der Waals surface area contributed by atoms with E-state index in [0.29, 0.717) is 0 Å². The van der Waals surface area contributed by atoms with E-state index >= 15 is 0 Å². The first-order valence-electron chi connectivity index (χ1n) is 7.36. The van der Waals surface area contributed by atoms with Crippen molar-refractivity contribution in [1.82, 2.24) is 15.1 Å². The number of hydrogen-bond acceptors (Lipinski definition) is 3. The normalized spacial score (nSPS) is 16.1. The zero-order valence-corrected chi connectivity index (χ0v) is 12.9. The molecule has 0 aromatic heterocycles. The number of rotatable bonds is 6. The molecule has 2 rings (SSSR count). The van der Waals surface area contributed by atoms with Gasteiger partial charge in [-0.1, -0.05) is 30.3 Å². The van der Waals surface area contributed by atoms with E-state index in [1.165, 1.54) is 10.5 Å². The summed E-state index contributed by atoms with van der Waals surface area (Å²) in [6.45, 7) is 1.74. The molecule has 118 valence electrons. The maximum Gasteiger partial charge on any atom is 0.327 e. The van der Waals surface area contributed by atoms with E-state index in [1.54, 1.807) is 7.05 Å². The third kappa shape index (κ3) is 4.07. The Kier molecular flexibility index (Phi) is 5.14. The van der Waals surface area contributed by atoms with Gasteiger partial charge in [0.2, 0.25) is 5.91 Å². The van der Waals surface area contributed by atoms with E-state index in [0.717, 1.165) is 17.7 Å². The maximum atomic E-state index is 11.9. The quantitative estimate of drug-likeness (QED) is 0.798. The minimum absolute atomic E-state index is 0.0155.